The van der Waals surface area contributed by atoms with Gasteiger partial charge < -0.3 is 14.3 Å². The number of hydrogen-bond donors (Lipinski definition) is 1. The first kappa shape index (κ1) is 15.8. The van der Waals surface area contributed by atoms with E-state index in [9.17, 15) is 4.39 Å². The predicted molar refractivity (Wildman–Crippen MR) is 91.2 cm³/mol. The number of halogens is 1. The van der Waals surface area contributed by atoms with Gasteiger partial charge >= 0.3 is 0 Å². The van der Waals surface area contributed by atoms with Gasteiger partial charge in [0.05, 0.1) is 12.0 Å². The molecular weight excluding hydrogens is 365 g/mol. The normalized spacial score (nSPS) is 10.9. The van der Waals surface area contributed by atoms with Crippen molar-refractivity contribution in [3.63, 3.8) is 0 Å². The number of furan rings is 1. The van der Waals surface area contributed by atoms with Crippen molar-refractivity contribution in [3.8, 4) is 11.7 Å². The Hall–Kier alpha value is -2.72. The van der Waals surface area contributed by atoms with Crippen molar-refractivity contribution in [1.82, 2.24) is 20.3 Å². The molecule has 0 bridgehead atoms. The molecule has 126 valence electrons. The smallest absolute Gasteiger partial charge is 0.293 e. The summed E-state index contributed by atoms with van der Waals surface area (Å²) in [6.45, 7) is 0. The van der Waals surface area contributed by atoms with E-state index in [2.05, 4.69) is 25.7 Å². The Labute approximate surface area is 149 Å². The first-order valence-electron chi connectivity index (χ1n) is 7.11. The first-order chi connectivity index (χ1) is 12.3. The van der Waals surface area contributed by atoms with Gasteiger partial charge in [0.15, 0.2) is 15.9 Å². The largest absolute Gasteiger partial charge is 0.459 e. The number of anilines is 2. The average molecular weight is 375 g/mol. The molecule has 0 fully saturated rings. The fourth-order valence-corrected chi connectivity index (χ4v) is 3.53. The number of rotatable bonds is 6. The molecule has 1 N–H and O–H groups in total. The van der Waals surface area contributed by atoms with E-state index in [1.165, 1.54) is 35.2 Å². The standard InChI is InChI=1S/C15H10FN5O2S2/c16-9-3-5-10(6-4-9)17-14-19-20-15(25-14)24-8-12-18-13(23-21-12)11-2-1-7-22-11/h1-7H,8H2,(H,17,19). The summed E-state index contributed by atoms with van der Waals surface area (Å²) in [6.07, 6.45) is 1.55. The number of nitrogens with one attached hydrogen (secondary N) is 1. The van der Waals surface area contributed by atoms with E-state index in [1.54, 1.807) is 30.5 Å². The molecule has 4 aromatic rings. The van der Waals surface area contributed by atoms with Crippen LogP contribution in [-0.4, -0.2) is 20.3 Å². The fraction of sp³-hybridized carbons (Fsp3) is 0.0667. The third-order valence-electron chi connectivity index (χ3n) is 3.03. The molecule has 0 aliphatic heterocycles. The SMILES string of the molecule is Fc1ccc(Nc2nnc(SCc3noc(-c4ccco4)n3)s2)cc1. The summed E-state index contributed by atoms with van der Waals surface area (Å²) in [5, 5.41) is 15.8. The minimum absolute atomic E-state index is 0.284. The maximum atomic E-state index is 12.9. The van der Waals surface area contributed by atoms with Crippen LogP contribution in [-0.2, 0) is 5.75 Å². The highest BCUT2D eigenvalue weighted by Crippen LogP contribution is 2.30. The molecule has 0 atom stereocenters. The zero-order valence-electron chi connectivity index (χ0n) is 12.5. The van der Waals surface area contributed by atoms with Crippen LogP contribution < -0.4 is 5.32 Å². The highest BCUT2D eigenvalue weighted by atomic mass is 32.2. The number of aromatic nitrogens is 4. The predicted octanol–water partition coefficient (Wildman–Crippen LogP) is 4.36. The molecule has 10 heteroatoms. The van der Waals surface area contributed by atoms with E-state index in [1.807, 2.05) is 0 Å². The van der Waals surface area contributed by atoms with E-state index in [4.69, 9.17) is 8.94 Å². The van der Waals surface area contributed by atoms with Crippen LogP contribution in [0, 0.1) is 5.82 Å². The maximum Gasteiger partial charge on any atom is 0.293 e. The first-order valence-corrected chi connectivity index (χ1v) is 8.92. The minimum atomic E-state index is -0.284. The summed E-state index contributed by atoms with van der Waals surface area (Å²) < 4.78 is 24.0. The van der Waals surface area contributed by atoms with Crippen LogP contribution in [0.5, 0.6) is 0 Å². The fourth-order valence-electron chi connectivity index (χ4n) is 1.91. The molecule has 3 heterocycles. The third kappa shape index (κ3) is 3.86. The molecule has 1 aromatic carbocycles. The Morgan fingerprint density at radius 2 is 2.04 bits per heavy atom. The van der Waals surface area contributed by atoms with Crippen LogP contribution in [0.15, 0.2) is 55.9 Å². The van der Waals surface area contributed by atoms with Gasteiger partial charge in [0.25, 0.3) is 5.89 Å². The van der Waals surface area contributed by atoms with Crippen molar-refractivity contribution in [1.29, 1.82) is 0 Å². The number of benzene rings is 1. The highest BCUT2D eigenvalue weighted by molar-refractivity contribution is 8.00. The Morgan fingerprint density at radius 1 is 1.16 bits per heavy atom. The van der Waals surface area contributed by atoms with Gasteiger partial charge in [0.1, 0.15) is 5.82 Å². The molecule has 0 saturated heterocycles. The monoisotopic (exact) mass is 375 g/mol. The Morgan fingerprint density at radius 3 is 2.84 bits per heavy atom. The van der Waals surface area contributed by atoms with Gasteiger partial charge in [-0.3, -0.25) is 0 Å². The molecule has 0 amide bonds. The summed E-state index contributed by atoms with van der Waals surface area (Å²) in [5.41, 5.74) is 0.746. The van der Waals surface area contributed by atoms with Gasteiger partial charge in [0.2, 0.25) is 5.13 Å². The summed E-state index contributed by atoms with van der Waals surface area (Å²) in [4.78, 5) is 4.26. The van der Waals surface area contributed by atoms with Gasteiger partial charge in [-0.1, -0.05) is 28.3 Å². The maximum absolute atomic E-state index is 12.9. The lowest BCUT2D eigenvalue weighted by Gasteiger charge is -2.00. The summed E-state index contributed by atoms with van der Waals surface area (Å²) in [7, 11) is 0. The molecule has 25 heavy (non-hydrogen) atoms. The number of nitrogens with zero attached hydrogens (tertiary/aromatic N) is 4. The van der Waals surface area contributed by atoms with Gasteiger partial charge in [0, 0.05) is 5.69 Å². The van der Waals surface area contributed by atoms with Gasteiger partial charge in [-0.2, -0.15) is 4.98 Å². The molecule has 0 unspecified atom stereocenters. The Kier molecular flexibility index (Phi) is 4.44. The van der Waals surface area contributed by atoms with Crippen LogP contribution >= 0.6 is 23.1 Å². The third-order valence-corrected chi connectivity index (χ3v) is 4.99. The topological polar surface area (TPSA) is 89.9 Å². The molecule has 0 spiro atoms. The molecule has 0 aliphatic carbocycles. The van der Waals surface area contributed by atoms with Gasteiger partial charge in [-0.25, -0.2) is 4.39 Å². The Bertz CT molecular complexity index is 953. The summed E-state index contributed by atoms with van der Waals surface area (Å²) >= 11 is 2.83. The van der Waals surface area contributed by atoms with Crippen molar-refractivity contribution in [3.05, 3.63) is 54.3 Å². The zero-order valence-corrected chi connectivity index (χ0v) is 14.2. The van der Waals surface area contributed by atoms with Crippen molar-refractivity contribution < 1.29 is 13.3 Å². The van der Waals surface area contributed by atoms with Crippen molar-refractivity contribution >= 4 is 33.9 Å². The lowest BCUT2D eigenvalue weighted by atomic mass is 10.3. The lowest BCUT2D eigenvalue weighted by molar-refractivity contribution is 0.411. The van der Waals surface area contributed by atoms with Crippen molar-refractivity contribution in [2.75, 3.05) is 5.32 Å². The average Bonchev–Trinajstić information content (AvgIpc) is 3.36. The zero-order chi connectivity index (χ0) is 17.1. The summed E-state index contributed by atoms with van der Waals surface area (Å²) in [5.74, 6) is 1.63. The minimum Gasteiger partial charge on any atom is -0.459 e. The van der Waals surface area contributed by atoms with Crippen LogP contribution in [0.3, 0.4) is 0 Å². The van der Waals surface area contributed by atoms with Crippen LogP contribution in [0.1, 0.15) is 5.82 Å². The van der Waals surface area contributed by atoms with Crippen molar-refractivity contribution in [2.45, 2.75) is 10.1 Å². The lowest BCUT2D eigenvalue weighted by Crippen LogP contribution is -1.89. The second kappa shape index (κ2) is 7.03. The Balaban J connectivity index is 1.36. The van der Waals surface area contributed by atoms with E-state index >= 15 is 0 Å². The van der Waals surface area contributed by atoms with Gasteiger partial charge in [-0.05, 0) is 36.4 Å². The molecule has 3 aromatic heterocycles. The second-order valence-corrected chi connectivity index (χ2v) is 6.99. The molecule has 0 saturated carbocycles. The number of hydrogen-bond acceptors (Lipinski definition) is 9. The second-order valence-electron chi connectivity index (χ2n) is 4.79. The molecule has 7 nitrogen and oxygen atoms in total. The summed E-state index contributed by atoms with van der Waals surface area (Å²) in [6, 6.07) is 9.54. The van der Waals surface area contributed by atoms with Crippen LogP contribution in [0.25, 0.3) is 11.7 Å². The highest BCUT2D eigenvalue weighted by Gasteiger charge is 2.12. The van der Waals surface area contributed by atoms with Crippen LogP contribution in [0.2, 0.25) is 0 Å². The van der Waals surface area contributed by atoms with E-state index in [0.29, 0.717) is 28.4 Å². The quantitative estimate of drug-likeness (QED) is 0.497. The molecule has 0 radical (unpaired) electrons. The van der Waals surface area contributed by atoms with E-state index in [0.717, 1.165) is 10.0 Å². The van der Waals surface area contributed by atoms with E-state index < -0.39 is 0 Å². The van der Waals surface area contributed by atoms with Crippen molar-refractivity contribution in [2.24, 2.45) is 0 Å². The van der Waals surface area contributed by atoms with Crippen LogP contribution in [0.4, 0.5) is 15.2 Å². The molecular formula is C15H10FN5O2S2. The molecule has 0 aliphatic rings. The van der Waals surface area contributed by atoms with E-state index in [-0.39, 0.29) is 5.82 Å². The number of thioether (sulfide) groups is 1. The molecule has 4 rings (SSSR count). The van der Waals surface area contributed by atoms with Gasteiger partial charge in [-0.15, -0.1) is 10.2 Å².